The van der Waals surface area contributed by atoms with Gasteiger partial charge in [0.25, 0.3) is 6.43 Å². The molecule has 0 radical (unpaired) electrons. The number of aromatic hydroxyl groups is 1. The van der Waals surface area contributed by atoms with Crippen molar-refractivity contribution in [2.24, 2.45) is 0 Å². The Bertz CT molecular complexity index is 398. The Kier molecular flexibility index (Phi) is 3.77. The van der Waals surface area contributed by atoms with E-state index in [-0.39, 0.29) is 15.0 Å². The molecule has 0 fully saturated rings. The van der Waals surface area contributed by atoms with E-state index >= 15 is 0 Å². The molecule has 0 aliphatic rings. The van der Waals surface area contributed by atoms with Gasteiger partial charge in [-0.3, -0.25) is 9.78 Å². The summed E-state index contributed by atoms with van der Waals surface area (Å²) >= 11 is 1.53. The van der Waals surface area contributed by atoms with Gasteiger partial charge in [-0.25, -0.2) is 8.78 Å². The van der Waals surface area contributed by atoms with E-state index in [2.05, 4.69) is 4.98 Å². The Morgan fingerprint density at radius 2 is 2.20 bits per heavy atom. The second-order valence-electron chi connectivity index (χ2n) is 2.69. The number of hydrogen-bond donors (Lipinski definition) is 2. The van der Waals surface area contributed by atoms with Gasteiger partial charge in [-0.05, 0) is 22.6 Å². The van der Waals surface area contributed by atoms with Crippen molar-refractivity contribution < 1.29 is 23.8 Å². The lowest BCUT2D eigenvalue weighted by Gasteiger charge is -2.09. The Hall–Kier alpha value is -0.990. The number of pyridine rings is 1. The molecule has 0 atom stereocenters. The van der Waals surface area contributed by atoms with Crippen LogP contribution in [-0.2, 0) is 11.2 Å². The van der Waals surface area contributed by atoms with Crippen LogP contribution < -0.4 is 0 Å². The maximum Gasteiger partial charge on any atom is 0.309 e. The van der Waals surface area contributed by atoms with E-state index in [9.17, 15) is 13.6 Å². The number of halogens is 3. The average molecular weight is 329 g/mol. The first-order chi connectivity index (χ1) is 6.93. The molecule has 0 saturated heterocycles. The molecule has 0 aliphatic heterocycles. The van der Waals surface area contributed by atoms with Crippen LogP contribution in [0.4, 0.5) is 8.78 Å². The van der Waals surface area contributed by atoms with Crippen molar-refractivity contribution in [3.8, 4) is 5.75 Å². The van der Waals surface area contributed by atoms with Gasteiger partial charge >= 0.3 is 5.97 Å². The molecular weight excluding hydrogens is 323 g/mol. The fourth-order valence-corrected chi connectivity index (χ4v) is 1.72. The lowest BCUT2D eigenvalue weighted by atomic mass is 10.1. The first-order valence-corrected chi connectivity index (χ1v) is 4.87. The summed E-state index contributed by atoms with van der Waals surface area (Å²) in [5.74, 6) is -1.62. The fourth-order valence-electron chi connectivity index (χ4n) is 1.04. The number of alkyl halides is 2. The molecule has 0 aliphatic carbocycles. The highest BCUT2D eigenvalue weighted by Crippen LogP contribution is 2.32. The summed E-state index contributed by atoms with van der Waals surface area (Å²) in [7, 11) is 0. The minimum atomic E-state index is -2.86. The molecule has 1 aromatic rings. The van der Waals surface area contributed by atoms with E-state index in [4.69, 9.17) is 10.2 Å². The van der Waals surface area contributed by atoms with E-state index < -0.39 is 24.4 Å². The van der Waals surface area contributed by atoms with Gasteiger partial charge < -0.3 is 10.2 Å². The number of nitrogens with zero attached hydrogens (tertiary/aromatic N) is 1. The monoisotopic (exact) mass is 329 g/mol. The fraction of sp³-hybridized carbons (Fsp3) is 0.250. The van der Waals surface area contributed by atoms with Gasteiger partial charge in [0.15, 0.2) is 0 Å². The maximum absolute atomic E-state index is 12.6. The highest BCUT2D eigenvalue weighted by molar-refractivity contribution is 14.1. The molecule has 0 spiro atoms. The van der Waals surface area contributed by atoms with Crippen LogP contribution in [-0.4, -0.2) is 21.2 Å². The number of carboxylic acid groups (broad SMARTS) is 1. The van der Waals surface area contributed by atoms with Crippen LogP contribution in [0.25, 0.3) is 0 Å². The largest absolute Gasteiger partial charge is 0.505 e. The summed E-state index contributed by atoms with van der Waals surface area (Å²) < 4.78 is 25.1. The van der Waals surface area contributed by atoms with Crippen molar-refractivity contribution in [3.63, 3.8) is 0 Å². The maximum atomic E-state index is 12.6. The van der Waals surface area contributed by atoms with E-state index in [1.54, 1.807) is 0 Å². The summed E-state index contributed by atoms with van der Waals surface area (Å²) in [6, 6.07) is 0. The van der Waals surface area contributed by atoms with Gasteiger partial charge in [-0.15, -0.1) is 0 Å². The molecule has 4 nitrogen and oxygen atoms in total. The molecule has 7 heteroatoms. The summed E-state index contributed by atoms with van der Waals surface area (Å²) in [4.78, 5) is 13.9. The van der Waals surface area contributed by atoms with E-state index in [0.717, 1.165) is 6.20 Å². The first kappa shape index (κ1) is 12.1. The normalized spacial score (nSPS) is 10.7. The summed E-state index contributed by atoms with van der Waals surface area (Å²) in [5, 5.41) is 17.6. The van der Waals surface area contributed by atoms with Crippen LogP contribution in [0.3, 0.4) is 0 Å². The van der Waals surface area contributed by atoms with Gasteiger partial charge in [0.05, 0.1) is 27.4 Å². The standard InChI is InChI=1S/C8H6F2INO3/c9-8(10)6-3(1-5(14)15)12-2-4(13)7(6)11/h2,8,13H,1H2,(H,14,15). The summed E-state index contributed by atoms with van der Waals surface area (Å²) in [6.07, 6.45) is -2.48. The van der Waals surface area contributed by atoms with Crippen LogP contribution in [0.5, 0.6) is 5.75 Å². The summed E-state index contributed by atoms with van der Waals surface area (Å²) in [5.41, 5.74) is -0.738. The Morgan fingerprint density at radius 3 is 2.67 bits per heavy atom. The van der Waals surface area contributed by atoms with Gasteiger partial charge in [0, 0.05) is 0 Å². The van der Waals surface area contributed by atoms with Crippen LogP contribution >= 0.6 is 22.6 Å². The third-order valence-corrected chi connectivity index (χ3v) is 2.79. The van der Waals surface area contributed by atoms with Crippen molar-refractivity contribution in [2.45, 2.75) is 12.8 Å². The molecule has 1 aromatic heterocycles. The van der Waals surface area contributed by atoms with Gasteiger partial charge in [0.2, 0.25) is 0 Å². The minimum Gasteiger partial charge on any atom is -0.505 e. The lowest BCUT2D eigenvalue weighted by molar-refractivity contribution is -0.136. The zero-order valence-corrected chi connectivity index (χ0v) is 9.40. The Morgan fingerprint density at radius 1 is 1.60 bits per heavy atom. The third kappa shape index (κ3) is 2.74. The minimum absolute atomic E-state index is 0.0612. The second-order valence-corrected chi connectivity index (χ2v) is 3.77. The molecule has 0 bridgehead atoms. The zero-order chi connectivity index (χ0) is 11.6. The van der Waals surface area contributed by atoms with Crippen LogP contribution in [0, 0.1) is 3.57 Å². The predicted octanol–water partition coefficient (Wildman–Crippen LogP) is 1.96. The molecule has 2 N–H and O–H groups in total. The van der Waals surface area contributed by atoms with Crippen molar-refractivity contribution >= 4 is 28.6 Å². The number of carbonyl (C=O) groups is 1. The van der Waals surface area contributed by atoms with Gasteiger partial charge in [-0.2, -0.15) is 0 Å². The number of carboxylic acids is 1. The Labute approximate surface area is 97.1 Å². The second kappa shape index (κ2) is 4.69. The molecule has 82 valence electrons. The van der Waals surface area contributed by atoms with E-state index in [1.165, 1.54) is 22.6 Å². The van der Waals surface area contributed by atoms with Crippen LogP contribution in [0.15, 0.2) is 6.20 Å². The quantitative estimate of drug-likeness (QED) is 0.832. The summed E-state index contributed by atoms with van der Waals surface area (Å²) in [6.45, 7) is 0. The molecule has 1 rings (SSSR count). The molecule has 0 aromatic carbocycles. The topological polar surface area (TPSA) is 70.4 Å². The lowest BCUT2D eigenvalue weighted by Crippen LogP contribution is -2.08. The van der Waals surface area contributed by atoms with Crippen molar-refractivity contribution in [1.29, 1.82) is 0 Å². The Balaban J connectivity index is 3.26. The van der Waals surface area contributed by atoms with Crippen molar-refractivity contribution in [2.75, 3.05) is 0 Å². The number of rotatable bonds is 3. The van der Waals surface area contributed by atoms with Crippen LogP contribution in [0.1, 0.15) is 17.7 Å². The number of aromatic nitrogens is 1. The highest BCUT2D eigenvalue weighted by Gasteiger charge is 2.21. The predicted molar refractivity (Wildman–Crippen MR) is 54.9 cm³/mol. The van der Waals surface area contributed by atoms with Crippen molar-refractivity contribution in [3.05, 3.63) is 21.0 Å². The van der Waals surface area contributed by atoms with Gasteiger partial charge in [-0.1, -0.05) is 0 Å². The SMILES string of the molecule is O=C(O)Cc1ncc(O)c(I)c1C(F)F. The molecular formula is C8H6F2INO3. The molecule has 0 saturated carbocycles. The average Bonchev–Trinajstić information content (AvgIpc) is 2.10. The molecule has 15 heavy (non-hydrogen) atoms. The molecule has 1 heterocycles. The first-order valence-electron chi connectivity index (χ1n) is 3.79. The molecule has 0 amide bonds. The third-order valence-electron chi connectivity index (χ3n) is 1.65. The van der Waals surface area contributed by atoms with Crippen LogP contribution in [0.2, 0.25) is 0 Å². The van der Waals surface area contributed by atoms with E-state index in [1.807, 2.05) is 0 Å². The highest BCUT2D eigenvalue weighted by atomic mass is 127. The smallest absolute Gasteiger partial charge is 0.309 e. The molecule has 0 unspecified atom stereocenters. The number of hydrogen-bond acceptors (Lipinski definition) is 3. The van der Waals surface area contributed by atoms with E-state index in [0.29, 0.717) is 0 Å². The zero-order valence-electron chi connectivity index (χ0n) is 7.25. The van der Waals surface area contributed by atoms with Crippen molar-refractivity contribution in [1.82, 2.24) is 4.98 Å². The van der Waals surface area contributed by atoms with Gasteiger partial charge in [0.1, 0.15) is 5.75 Å². The number of aliphatic carboxylic acids is 1.